The summed E-state index contributed by atoms with van der Waals surface area (Å²) in [7, 11) is 0. The number of alkyl halides is 1. The molecule has 2 saturated heterocycles. The predicted octanol–water partition coefficient (Wildman–Crippen LogP) is 1.18. The summed E-state index contributed by atoms with van der Waals surface area (Å²) in [6, 6.07) is 0.109. The van der Waals surface area contributed by atoms with E-state index in [-0.39, 0.29) is 36.2 Å². The van der Waals surface area contributed by atoms with E-state index in [0.29, 0.717) is 31.3 Å². The lowest BCUT2D eigenvalue weighted by atomic mass is 9.77. The molecule has 0 bridgehead atoms. The van der Waals surface area contributed by atoms with Crippen LogP contribution in [0.5, 0.6) is 0 Å². The topological polar surface area (TPSA) is 74.4 Å². The van der Waals surface area contributed by atoms with Crippen LogP contribution in [0.4, 0.5) is 4.39 Å². The second-order valence-corrected chi connectivity index (χ2v) is 8.41. The van der Waals surface area contributed by atoms with E-state index in [1.165, 1.54) is 0 Å². The fourth-order valence-corrected chi connectivity index (χ4v) is 5.31. The van der Waals surface area contributed by atoms with Crippen LogP contribution in [0, 0.1) is 17.8 Å². The highest BCUT2D eigenvalue weighted by Gasteiger charge is 2.46. The Bertz CT molecular complexity index is 470. The average Bonchev–Trinajstić information content (AvgIpc) is 3.28. The molecular weight excluding hydrogens is 323 g/mol. The van der Waals surface area contributed by atoms with Crippen molar-refractivity contribution in [3.8, 4) is 0 Å². The summed E-state index contributed by atoms with van der Waals surface area (Å²) in [4.78, 5) is 18.2. The van der Waals surface area contributed by atoms with Crippen LogP contribution >= 0.6 is 0 Å². The molecule has 0 spiro atoms. The summed E-state index contributed by atoms with van der Waals surface area (Å²) in [6.07, 6.45) is 5.65. The molecule has 0 radical (unpaired) electrons. The summed E-state index contributed by atoms with van der Waals surface area (Å²) in [5.74, 6) is 0.925. The Kier molecular flexibility index (Phi) is 5.27. The number of hydroxylamine groups is 1. The number of hydrogen-bond donors (Lipinski definition) is 4. The predicted molar refractivity (Wildman–Crippen MR) is 92.0 cm³/mol. The minimum absolute atomic E-state index is 0.000711. The minimum Gasteiger partial charge on any atom is -0.352 e. The Morgan fingerprint density at radius 2 is 2.08 bits per heavy atom. The van der Waals surface area contributed by atoms with Crippen molar-refractivity contribution >= 4 is 5.91 Å². The molecule has 2 heterocycles. The van der Waals surface area contributed by atoms with Crippen LogP contribution in [0.25, 0.3) is 0 Å². The number of hydrogen-bond acceptors (Lipinski definition) is 5. The minimum atomic E-state index is -0.761. The van der Waals surface area contributed by atoms with Gasteiger partial charge >= 0.3 is 0 Å². The number of nitrogens with one attached hydrogen (secondary N) is 4. The first-order valence-corrected chi connectivity index (χ1v) is 9.94. The molecule has 1 amide bonds. The third-order valence-corrected chi connectivity index (χ3v) is 6.73. The molecule has 7 heteroatoms. The molecule has 8 atom stereocenters. The van der Waals surface area contributed by atoms with E-state index in [1.807, 2.05) is 0 Å². The molecule has 4 N–H and O–H groups in total. The number of rotatable bonds is 3. The lowest BCUT2D eigenvalue weighted by Gasteiger charge is -2.33. The second kappa shape index (κ2) is 7.47. The maximum atomic E-state index is 14.2. The van der Waals surface area contributed by atoms with Crippen molar-refractivity contribution < 1.29 is 14.0 Å². The number of fused-ring (bicyclic) bond motifs is 1. The zero-order valence-electron chi connectivity index (χ0n) is 15.0. The highest BCUT2D eigenvalue weighted by atomic mass is 19.1. The van der Waals surface area contributed by atoms with Crippen molar-refractivity contribution in [3.63, 3.8) is 0 Å². The van der Waals surface area contributed by atoms with Crippen molar-refractivity contribution in [1.82, 2.24) is 21.4 Å². The Balaban J connectivity index is 1.31. The van der Waals surface area contributed by atoms with E-state index >= 15 is 0 Å². The van der Waals surface area contributed by atoms with Gasteiger partial charge in [-0.25, -0.2) is 4.39 Å². The molecule has 0 aromatic rings. The van der Waals surface area contributed by atoms with Gasteiger partial charge in [-0.15, -0.1) is 0 Å². The van der Waals surface area contributed by atoms with E-state index in [9.17, 15) is 9.18 Å². The number of halogens is 1. The fraction of sp³-hybridized carbons (Fsp3) is 0.944. The maximum Gasteiger partial charge on any atom is 0.237 e. The Morgan fingerprint density at radius 1 is 1.20 bits per heavy atom. The molecule has 142 valence electrons. The first-order chi connectivity index (χ1) is 12.1. The van der Waals surface area contributed by atoms with Crippen LogP contribution in [0.1, 0.15) is 51.9 Å². The number of carbonyl (C=O) groups excluding carboxylic acids is 1. The van der Waals surface area contributed by atoms with Crippen molar-refractivity contribution in [2.45, 2.75) is 82.4 Å². The van der Waals surface area contributed by atoms with Gasteiger partial charge in [-0.05, 0) is 44.4 Å². The third kappa shape index (κ3) is 3.70. The van der Waals surface area contributed by atoms with Crippen LogP contribution in [-0.2, 0) is 9.63 Å². The Labute approximate surface area is 149 Å². The van der Waals surface area contributed by atoms with Gasteiger partial charge in [-0.2, -0.15) is 5.48 Å². The maximum absolute atomic E-state index is 14.2. The van der Waals surface area contributed by atoms with Crippen LogP contribution in [-0.4, -0.2) is 43.1 Å². The molecule has 6 nitrogen and oxygen atoms in total. The molecule has 8 unspecified atom stereocenters. The van der Waals surface area contributed by atoms with Gasteiger partial charge in [0.25, 0.3) is 0 Å². The molecule has 25 heavy (non-hydrogen) atoms. The molecule has 4 fully saturated rings. The summed E-state index contributed by atoms with van der Waals surface area (Å²) in [6.45, 7) is 2.85. The highest BCUT2D eigenvalue weighted by molar-refractivity contribution is 5.82. The number of amides is 1. The lowest BCUT2D eigenvalue weighted by Crippen LogP contribution is -2.50. The zero-order valence-corrected chi connectivity index (χ0v) is 15.0. The Hall–Kier alpha value is -0.760. The molecular formula is C18H31FN4O2. The molecule has 2 aliphatic heterocycles. The van der Waals surface area contributed by atoms with Crippen LogP contribution < -0.4 is 21.4 Å². The van der Waals surface area contributed by atoms with Gasteiger partial charge in [0.1, 0.15) is 12.4 Å². The summed E-state index contributed by atoms with van der Waals surface area (Å²) < 4.78 is 14.2. The van der Waals surface area contributed by atoms with Gasteiger partial charge in [0.05, 0.1) is 12.7 Å². The van der Waals surface area contributed by atoms with Gasteiger partial charge < -0.3 is 10.6 Å². The van der Waals surface area contributed by atoms with Crippen LogP contribution in [0.3, 0.4) is 0 Å². The fourth-order valence-electron chi connectivity index (χ4n) is 5.31. The van der Waals surface area contributed by atoms with E-state index in [4.69, 9.17) is 4.84 Å². The molecule has 2 saturated carbocycles. The zero-order chi connectivity index (χ0) is 17.4. The first kappa shape index (κ1) is 17.6. The quantitative estimate of drug-likeness (QED) is 0.613. The van der Waals surface area contributed by atoms with Crippen molar-refractivity contribution in [3.05, 3.63) is 0 Å². The van der Waals surface area contributed by atoms with Gasteiger partial charge in [0.2, 0.25) is 5.91 Å². The molecule has 0 aromatic heterocycles. The Morgan fingerprint density at radius 3 is 2.84 bits per heavy atom. The van der Waals surface area contributed by atoms with Crippen LogP contribution in [0.2, 0.25) is 0 Å². The monoisotopic (exact) mass is 354 g/mol. The summed E-state index contributed by atoms with van der Waals surface area (Å²) in [5, 5.41) is 9.95. The first-order valence-electron chi connectivity index (χ1n) is 9.94. The SMILES string of the molecule is CC1CCC(F)C2CC(C(=O)NC3CCCC(C4NCNO4)C3)NC12. The molecule has 2 aliphatic carbocycles. The van der Waals surface area contributed by atoms with E-state index in [2.05, 4.69) is 28.4 Å². The molecule has 0 aromatic carbocycles. The molecule has 4 aliphatic rings. The van der Waals surface area contributed by atoms with Crippen molar-refractivity contribution in [2.75, 3.05) is 6.67 Å². The average molecular weight is 354 g/mol. The second-order valence-electron chi connectivity index (χ2n) is 8.41. The largest absolute Gasteiger partial charge is 0.352 e. The lowest BCUT2D eigenvalue weighted by molar-refractivity contribution is -0.124. The smallest absolute Gasteiger partial charge is 0.237 e. The normalized spacial score (nSPS) is 47.4. The summed E-state index contributed by atoms with van der Waals surface area (Å²) in [5.41, 5.74) is 2.86. The highest BCUT2D eigenvalue weighted by Crippen LogP contribution is 2.38. The van der Waals surface area contributed by atoms with Crippen LogP contribution in [0.15, 0.2) is 0 Å². The van der Waals surface area contributed by atoms with E-state index < -0.39 is 6.17 Å². The van der Waals surface area contributed by atoms with E-state index in [0.717, 1.165) is 32.1 Å². The standard InChI is InChI=1S/C18H31FN4O2/c1-10-5-6-14(19)13-8-15(23-16(10)13)17(24)22-12-4-2-3-11(7-12)18-20-9-21-25-18/h10-16,18,20-21,23H,2-9H2,1H3,(H,22,24). The summed E-state index contributed by atoms with van der Waals surface area (Å²) >= 11 is 0. The van der Waals surface area contributed by atoms with Crippen molar-refractivity contribution in [1.29, 1.82) is 0 Å². The number of carbonyl (C=O) groups is 1. The van der Waals surface area contributed by atoms with Gasteiger partial charge in [-0.3, -0.25) is 14.9 Å². The van der Waals surface area contributed by atoms with E-state index in [1.54, 1.807) is 0 Å². The van der Waals surface area contributed by atoms with Gasteiger partial charge in [-0.1, -0.05) is 13.3 Å². The van der Waals surface area contributed by atoms with Crippen molar-refractivity contribution in [2.24, 2.45) is 17.8 Å². The van der Waals surface area contributed by atoms with Gasteiger partial charge in [0, 0.05) is 23.9 Å². The van der Waals surface area contributed by atoms with Gasteiger partial charge in [0.15, 0.2) is 0 Å². The molecule has 4 rings (SSSR count). The third-order valence-electron chi connectivity index (χ3n) is 6.73.